The fourth-order valence-electron chi connectivity index (χ4n) is 7.06. The van der Waals surface area contributed by atoms with Crippen LogP contribution in [0.5, 0.6) is 5.75 Å². The molecule has 264 valence electrons. The summed E-state index contributed by atoms with van der Waals surface area (Å²) in [5.74, 6) is 0.425. The van der Waals surface area contributed by atoms with Gasteiger partial charge >= 0.3 is 10.2 Å². The van der Waals surface area contributed by atoms with E-state index in [1.165, 1.54) is 19.0 Å². The minimum Gasteiger partial charge on any atom is -0.497 e. The number of amides is 2. The van der Waals surface area contributed by atoms with Crippen molar-refractivity contribution in [3.63, 3.8) is 0 Å². The van der Waals surface area contributed by atoms with Crippen molar-refractivity contribution in [2.24, 2.45) is 5.41 Å². The molecule has 1 aliphatic rings. The molecule has 1 saturated carbocycles. The van der Waals surface area contributed by atoms with Crippen LogP contribution in [0.3, 0.4) is 0 Å². The van der Waals surface area contributed by atoms with Gasteiger partial charge in [-0.2, -0.15) is 8.42 Å². The highest BCUT2D eigenvalue weighted by molar-refractivity contribution is 7.88. The van der Waals surface area contributed by atoms with Gasteiger partial charge in [-0.3, -0.25) is 9.59 Å². The van der Waals surface area contributed by atoms with Crippen LogP contribution in [0, 0.1) is 5.41 Å². The molecule has 2 N–H and O–H groups in total. The number of ether oxygens (including phenoxy) is 1. The summed E-state index contributed by atoms with van der Waals surface area (Å²) in [6.07, 6.45) is 7.05. The van der Waals surface area contributed by atoms with Gasteiger partial charge in [0.1, 0.15) is 5.75 Å². The van der Waals surface area contributed by atoms with Gasteiger partial charge in [-0.1, -0.05) is 46.1 Å². The zero-order valence-corrected chi connectivity index (χ0v) is 30.9. The van der Waals surface area contributed by atoms with Gasteiger partial charge in [-0.25, -0.2) is 9.44 Å². The number of methoxy groups -OCH3 is 1. The van der Waals surface area contributed by atoms with Gasteiger partial charge in [0.25, 0.3) is 5.91 Å². The Bertz CT molecular complexity index is 1680. The van der Waals surface area contributed by atoms with Crippen LogP contribution in [0.1, 0.15) is 94.5 Å². The van der Waals surface area contributed by atoms with E-state index < -0.39 is 21.5 Å². The molecule has 48 heavy (non-hydrogen) atoms. The first kappa shape index (κ1) is 37.4. The van der Waals surface area contributed by atoms with Crippen molar-refractivity contribution in [1.82, 2.24) is 23.8 Å². The number of nitrogens with one attached hydrogen (secondary N) is 2. The Morgan fingerprint density at radius 2 is 1.71 bits per heavy atom. The summed E-state index contributed by atoms with van der Waals surface area (Å²) in [7, 11) is 2.91. The van der Waals surface area contributed by atoms with Crippen LogP contribution in [0.15, 0.2) is 42.5 Å². The van der Waals surface area contributed by atoms with Crippen LogP contribution in [0.4, 0.5) is 0 Å². The molecule has 1 aromatic heterocycles. The first-order chi connectivity index (χ1) is 22.8. The van der Waals surface area contributed by atoms with Crippen molar-refractivity contribution in [2.45, 2.75) is 91.1 Å². The van der Waals surface area contributed by atoms with Gasteiger partial charge in [-0.05, 0) is 99.6 Å². The molecule has 10 nitrogen and oxygen atoms in total. The minimum absolute atomic E-state index is 0.0676. The Kier molecular flexibility index (Phi) is 12.4. The first-order valence-electron chi connectivity index (χ1n) is 17.3. The SMILES string of the molecule is CC[C@H](CN(C)CC)N(C)C(=O)C(C)(CC)Cn1c(-c2ccc(OC)cc2)c(C2CCCCC2)c2ccc(C(=O)NS(=O)(=O)NC)cc21. The van der Waals surface area contributed by atoms with Crippen molar-refractivity contribution in [3.8, 4) is 17.0 Å². The number of carbonyl (C=O) groups excluding carboxylic acids is 2. The molecule has 1 heterocycles. The maximum atomic E-state index is 14.6. The maximum absolute atomic E-state index is 14.6. The number of benzene rings is 2. The van der Waals surface area contributed by atoms with Gasteiger partial charge in [0.15, 0.2) is 0 Å². The summed E-state index contributed by atoms with van der Waals surface area (Å²) in [6, 6.07) is 13.5. The first-order valence-corrected chi connectivity index (χ1v) is 18.8. The molecule has 1 fully saturated rings. The number of hydrogen-bond acceptors (Lipinski definition) is 6. The fraction of sp³-hybridized carbons (Fsp3) is 0.568. The normalized spacial score (nSPS) is 16.1. The number of carbonyl (C=O) groups is 2. The lowest BCUT2D eigenvalue weighted by Crippen LogP contribution is -2.50. The maximum Gasteiger partial charge on any atom is 0.301 e. The summed E-state index contributed by atoms with van der Waals surface area (Å²) in [5, 5.41) is 1.02. The highest BCUT2D eigenvalue weighted by Gasteiger charge is 2.38. The van der Waals surface area contributed by atoms with Gasteiger partial charge in [0, 0.05) is 49.7 Å². The number of fused-ring (bicyclic) bond motifs is 1. The van der Waals surface area contributed by atoms with Gasteiger partial charge in [0.2, 0.25) is 5.91 Å². The Labute approximate surface area is 287 Å². The highest BCUT2D eigenvalue weighted by Crippen LogP contribution is 2.46. The van der Waals surface area contributed by atoms with Crippen molar-refractivity contribution in [2.75, 3.05) is 41.3 Å². The van der Waals surface area contributed by atoms with Crippen molar-refractivity contribution >= 4 is 32.9 Å². The van der Waals surface area contributed by atoms with Gasteiger partial charge in [-0.15, -0.1) is 0 Å². The molecule has 0 saturated heterocycles. The van der Waals surface area contributed by atoms with E-state index in [4.69, 9.17) is 4.74 Å². The van der Waals surface area contributed by atoms with Crippen LogP contribution < -0.4 is 14.2 Å². The highest BCUT2D eigenvalue weighted by atomic mass is 32.2. The lowest BCUT2D eigenvalue weighted by Gasteiger charge is -2.38. The second-order valence-corrected chi connectivity index (χ2v) is 15.1. The molecule has 11 heteroatoms. The fourth-order valence-corrected chi connectivity index (χ4v) is 7.53. The largest absolute Gasteiger partial charge is 0.497 e. The number of likely N-dealkylation sites (N-methyl/N-ethyl adjacent to an activating group) is 2. The Morgan fingerprint density at radius 3 is 2.27 bits per heavy atom. The lowest BCUT2D eigenvalue weighted by molar-refractivity contribution is -0.143. The molecule has 2 aromatic carbocycles. The average molecular weight is 682 g/mol. The molecule has 1 aliphatic carbocycles. The van der Waals surface area contributed by atoms with Crippen molar-refractivity contribution < 1.29 is 22.7 Å². The molecule has 4 rings (SSSR count). The third-order valence-corrected chi connectivity index (χ3v) is 11.4. The predicted octanol–water partition coefficient (Wildman–Crippen LogP) is 6.16. The van der Waals surface area contributed by atoms with Crippen LogP contribution >= 0.6 is 0 Å². The molecule has 0 spiro atoms. The third kappa shape index (κ3) is 8.06. The molecule has 3 aromatic rings. The summed E-state index contributed by atoms with van der Waals surface area (Å²) in [4.78, 5) is 32.0. The summed E-state index contributed by atoms with van der Waals surface area (Å²) in [6.45, 7) is 10.4. The van der Waals surface area contributed by atoms with E-state index in [2.05, 4.69) is 58.9 Å². The molecule has 0 aliphatic heterocycles. The van der Waals surface area contributed by atoms with Crippen molar-refractivity contribution in [1.29, 1.82) is 0 Å². The van der Waals surface area contributed by atoms with Gasteiger partial charge < -0.3 is 19.1 Å². The zero-order valence-electron chi connectivity index (χ0n) is 30.1. The monoisotopic (exact) mass is 681 g/mol. The van der Waals surface area contributed by atoms with E-state index in [-0.39, 0.29) is 17.5 Å². The van der Waals surface area contributed by atoms with E-state index in [0.29, 0.717) is 18.9 Å². The number of rotatable bonds is 15. The topological polar surface area (TPSA) is 113 Å². The predicted molar refractivity (Wildman–Crippen MR) is 194 cm³/mol. The Hall–Kier alpha value is -3.41. The molecule has 0 bridgehead atoms. The van der Waals surface area contributed by atoms with Crippen LogP contribution in [0.25, 0.3) is 22.2 Å². The molecule has 2 amide bonds. The number of aromatic nitrogens is 1. The number of hydrogen-bond donors (Lipinski definition) is 2. The van der Waals surface area contributed by atoms with Crippen LogP contribution in [-0.4, -0.2) is 82.0 Å². The van der Waals surface area contributed by atoms with E-state index in [1.807, 2.05) is 37.1 Å². The van der Waals surface area contributed by atoms with Crippen LogP contribution in [-0.2, 0) is 21.5 Å². The van der Waals surface area contributed by atoms with Gasteiger partial charge in [0.05, 0.1) is 18.2 Å². The minimum atomic E-state index is -4.00. The summed E-state index contributed by atoms with van der Waals surface area (Å²) in [5.41, 5.74) is 3.53. The molecule has 2 atom stereocenters. The Balaban J connectivity index is 1.96. The second-order valence-electron chi connectivity index (χ2n) is 13.5. The smallest absolute Gasteiger partial charge is 0.301 e. The lowest BCUT2D eigenvalue weighted by atomic mass is 9.81. The van der Waals surface area contributed by atoms with E-state index in [1.54, 1.807) is 19.2 Å². The van der Waals surface area contributed by atoms with Crippen molar-refractivity contribution in [3.05, 3.63) is 53.6 Å². The second kappa shape index (κ2) is 15.9. The molecular formula is C37H55N5O5S. The quantitative estimate of drug-likeness (QED) is 0.199. The number of nitrogens with zero attached hydrogens (tertiary/aromatic N) is 3. The van der Waals surface area contributed by atoms with E-state index in [0.717, 1.165) is 73.1 Å². The third-order valence-electron chi connectivity index (χ3n) is 10.4. The average Bonchev–Trinajstić information content (AvgIpc) is 3.42. The molecule has 0 radical (unpaired) electrons. The molecular weight excluding hydrogens is 627 g/mol. The zero-order chi connectivity index (χ0) is 35.2. The molecule has 1 unspecified atom stereocenters. The Morgan fingerprint density at radius 1 is 1.04 bits per heavy atom. The van der Waals surface area contributed by atoms with E-state index >= 15 is 0 Å². The van der Waals surface area contributed by atoms with Crippen LogP contribution in [0.2, 0.25) is 0 Å². The summed E-state index contributed by atoms with van der Waals surface area (Å²) >= 11 is 0. The standard InChI is InChI=1S/C37H55N5O5S/c1-9-29(24-40(6)11-3)41(7)36(44)37(4,10-2)25-42-32-23-28(35(43)39-48(45,46)38-5)19-22-31(32)33(26-15-13-12-14-16-26)34(42)27-17-20-30(47-8)21-18-27/h17-23,26,29,38H,9-16,24-25H2,1-8H3,(H,39,43)/t29-,37?/m1/s1. The van der Waals surface area contributed by atoms with E-state index in [9.17, 15) is 18.0 Å². The summed E-state index contributed by atoms with van der Waals surface area (Å²) < 4.78 is 36.5.